The second-order valence-corrected chi connectivity index (χ2v) is 7.34. The average molecular weight is 364 g/mol. The number of hydrogen-bond acceptors (Lipinski definition) is 3. The molecule has 4 rings (SSSR count). The smallest absolute Gasteiger partial charge is 0.290 e. The summed E-state index contributed by atoms with van der Waals surface area (Å²) in [4.78, 5) is 27.7. The Morgan fingerprint density at radius 3 is 2.74 bits per heavy atom. The summed E-state index contributed by atoms with van der Waals surface area (Å²) in [6.07, 6.45) is 3.91. The van der Waals surface area contributed by atoms with Crippen molar-refractivity contribution in [3.63, 3.8) is 0 Å². The van der Waals surface area contributed by atoms with Crippen molar-refractivity contribution in [1.82, 2.24) is 9.47 Å². The Kier molecular flexibility index (Phi) is 4.38. The van der Waals surface area contributed by atoms with Crippen molar-refractivity contribution in [2.75, 3.05) is 6.54 Å². The summed E-state index contributed by atoms with van der Waals surface area (Å²) in [7, 11) is 0. The molecule has 0 fully saturated rings. The Bertz CT molecular complexity index is 1080. The third kappa shape index (κ3) is 2.97. The lowest BCUT2D eigenvalue weighted by Crippen LogP contribution is -2.42. The van der Waals surface area contributed by atoms with Crippen molar-refractivity contribution in [2.24, 2.45) is 0 Å². The van der Waals surface area contributed by atoms with Crippen LogP contribution in [0.25, 0.3) is 11.0 Å². The first kappa shape index (κ1) is 17.6. The molecule has 1 aromatic carbocycles. The van der Waals surface area contributed by atoms with E-state index in [1.165, 1.54) is 6.07 Å². The molecule has 2 aromatic heterocycles. The molecule has 1 amide bonds. The molecular weight excluding hydrogens is 340 g/mol. The van der Waals surface area contributed by atoms with E-state index in [0.29, 0.717) is 17.5 Å². The van der Waals surface area contributed by atoms with Gasteiger partial charge in [0.1, 0.15) is 5.58 Å². The van der Waals surface area contributed by atoms with Gasteiger partial charge in [-0.25, -0.2) is 0 Å². The van der Waals surface area contributed by atoms with Crippen molar-refractivity contribution >= 4 is 16.9 Å². The van der Waals surface area contributed by atoms with Gasteiger partial charge in [0.05, 0.1) is 11.4 Å². The molecule has 3 heterocycles. The Morgan fingerprint density at radius 2 is 1.96 bits per heavy atom. The van der Waals surface area contributed by atoms with Crippen molar-refractivity contribution in [1.29, 1.82) is 0 Å². The van der Waals surface area contributed by atoms with Crippen molar-refractivity contribution in [2.45, 2.75) is 46.2 Å². The fraction of sp³-hybridized carbons (Fsp3) is 0.364. The Labute approximate surface area is 158 Å². The first-order valence-corrected chi connectivity index (χ1v) is 9.50. The number of nitrogens with zero attached hydrogens (tertiary/aromatic N) is 2. The lowest BCUT2D eigenvalue weighted by molar-refractivity contribution is 0.0579. The molecule has 1 aliphatic heterocycles. The standard InChI is InChI=1S/C22H24N2O3/c1-4-6-18-17-7-5-8-23(17)9-10-24(18)22(26)21-13-19(25)16-11-14(2)15(3)12-20(16)27-21/h5,7-8,11-13,18H,4,6,9-10H2,1-3H3/t18-/m0/s1. The number of benzene rings is 1. The summed E-state index contributed by atoms with van der Waals surface area (Å²) in [5.41, 5.74) is 3.52. The Balaban J connectivity index is 1.76. The van der Waals surface area contributed by atoms with Gasteiger partial charge in [-0.3, -0.25) is 9.59 Å². The molecule has 27 heavy (non-hydrogen) atoms. The minimum Gasteiger partial charge on any atom is -0.451 e. The van der Waals surface area contributed by atoms with E-state index in [2.05, 4.69) is 23.8 Å². The quantitative estimate of drug-likeness (QED) is 0.700. The predicted molar refractivity (Wildman–Crippen MR) is 105 cm³/mol. The minimum atomic E-state index is -0.210. The van der Waals surface area contributed by atoms with Gasteiger partial charge in [-0.1, -0.05) is 13.3 Å². The third-order valence-corrected chi connectivity index (χ3v) is 5.54. The number of carbonyl (C=O) groups is 1. The Hall–Kier alpha value is -2.82. The second-order valence-electron chi connectivity index (χ2n) is 7.34. The van der Waals surface area contributed by atoms with E-state index in [4.69, 9.17) is 4.42 Å². The van der Waals surface area contributed by atoms with Crippen molar-refractivity contribution in [3.05, 3.63) is 69.3 Å². The second kappa shape index (κ2) is 6.72. The highest BCUT2D eigenvalue weighted by molar-refractivity contribution is 5.93. The summed E-state index contributed by atoms with van der Waals surface area (Å²) < 4.78 is 8.09. The topological polar surface area (TPSA) is 55.5 Å². The number of aryl methyl sites for hydroxylation is 2. The highest BCUT2D eigenvalue weighted by Gasteiger charge is 2.32. The molecule has 0 saturated carbocycles. The molecular formula is C22H24N2O3. The summed E-state index contributed by atoms with van der Waals surface area (Å²) >= 11 is 0. The summed E-state index contributed by atoms with van der Waals surface area (Å²) in [6, 6.07) is 9.12. The van der Waals surface area contributed by atoms with Gasteiger partial charge >= 0.3 is 0 Å². The lowest BCUT2D eigenvalue weighted by atomic mass is 10.0. The van der Waals surface area contributed by atoms with Crippen molar-refractivity contribution in [3.8, 4) is 0 Å². The highest BCUT2D eigenvalue weighted by Crippen LogP contribution is 2.31. The van der Waals surface area contributed by atoms with Gasteiger partial charge in [-0.2, -0.15) is 0 Å². The zero-order valence-corrected chi connectivity index (χ0v) is 16.0. The van der Waals surface area contributed by atoms with Crippen LogP contribution in [0.3, 0.4) is 0 Å². The van der Waals surface area contributed by atoms with Crippen LogP contribution in [-0.4, -0.2) is 21.9 Å². The largest absolute Gasteiger partial charge is 0.451 e. The van der Waals surface area contributed by atoms with Gasteiger partial charge < -0.3 is 13.9 Å². The summed E-state index contributed by atoms with van der Waals surface area (Å²) in [5.74, 6) is -0.0880. The third-order valence-electron chi connectivity index (χ3n) is 5.54. The van der Waals surface area contributed by atoms with Crippen LogP contribution in [0.15, 0.2) is 45.7 Å². The highest BCUT2D eigenvalue weighted by atomic mass is 16.3. The number of rotatable bonds is 3. The van der Waals surface area contributed by atoms with Gasteiger partial charge in [0.2, 0.25) is 0 Å². The molecule has 1 aliphatic rings. The van der Waals surface area contributed by atoms with Crippen LogP contribution in [0.4, 0.5) is 0 Å². The minimum absolute atomic E-state index is 0.00648. The molecule has 0 N–H and O–H groups in total. The summed E-state index contributed by atoms with van der Waals surface area (Å²) in [5, 5.41) is 0.521. The first-order valence-electron chi connectivity index (χ1n) is 9.50. The van der Waals surface area contributed by atoms with E-state index >= 15 is 0 Å². The van der Waals surface area contributed by atoms with Crippen molar-refractivity contribution < 1.29 is 9.21 Å². The van der Waals surface area contributed by atoms with Gasteiger partial charge in [0.25, 0.3) is 5.91 Å². The zero-order valence-electron chi connectivity index (χ0n) is 16.0. The number of fused-ring (bicyclic) bond motifs is 2. The molecule has 3 aromatic rings. The van der Waals surface area contributed by atoms with Crippen LogP contribution in [0, 0.1) is 13.8 Å². The molecule has 0 radical (unpaired) electrons. The maximum atomic E-state index is 13.2. The van der Waals surface area contributed by atoms with Gasteiger partial charge in [-0.05, 0) is 55.7 Å². The molecule has 5 heteroatoms. The fourth-order valence-electron chi connectivity index (χ4n) is 3.94. The normalized spacial score (nSPS) is 16.6. The van der Waals surface area contributed by atoms with E-state index in [1.807, 2.05) is 36.9 Å². The maximum absolute atomic E-state index is 13.2. The van der Waals surface area contributed by atoms with Gasteiger partial charge in [0, 0.05) is 31.0 Å². The zero-order chi connectivity index (χ0) is 19.1. The van der Waals surface area contributed by atoms with Crippen LogP contribution in [-0.2, 0) is 6.54 Å². The molecule has 1 atom stereocenters. The van der Waals surface area contributed by atoms with Gasteiger partial charge in [0.15, 0.2) is 11.2 Å². The Morgan fingerprint density at radius 1 is 1.19 bits per heavy atom. The van der Waals surface area contributed by atoms with Crippen LogP contribution in [0.5, 0.6) is 0 Å². The number of aromatic nitrogens is 1. The molecule has 0 unspecified atom stereocenters. The molecule has 0 bridgehead atoms. The molecule has 0 saturated heterocycles. The first-order chi connectivity index (χ1) is 13.0. The van der Waals surface area contributed by atoms with E-state index < -0.39 is 0 Å². The molecule has 0 spiro atoms. The number of hydrogen-bond donors (Lipinski definition) is 0. The SMILES string of the molecule is CCC[C@H]1c2cccn2CCN1C(=O)c1cc(=O)c2cc(C)c(C)cc2o1. The summed E-state index contributed by atoms with van der Waals surface area (Å²) in [6.45, 7) is 7.42. The van der Waals surface area contributed by atoms with Crippen LogP contribution in [0.2, 0.25) is 0 Å². The predicted octanol–water partition coefficient (Wildman–Crippen LogP) is 4.21. The van der Waals surface area contributed by atoms with E-state index in [1.54, 1.807) is 0 Å². The van der Waals surface area contributed by atoms with E-state index in [0.717, 1.165) is 36.2 Å². The molecule has 5 nitrogen and oxygen atoms in total. The van der Waals surface area contributed by atoms with Crippen LogP contribution >= 0.6 is 0 Å². The number of carbonyl (C=O) groups excluding carboxylic acids is 1. The average Bonchev–Trinajstić information content (AvgIpc) is 3.12. The van der Waals surface area contributed by atoms with E-state index in [-0.39, 0.29) is 23.1 Å². The van der Waals surface area contributed by atoms with E-state index in [9.17, 15) is 9.59 Å². The van der Waals surface area contributed by atoms with Crippen LogP contribution in [0.1, 0.15) is 53.2 Å². The lowest BCUT2D eigenvalue weighted by Gasteiger charge is -2.36. The monoisotopic (exact) mass is 364 g/mol. The number of amides is 1. The molecule has 140 valence electrons. The molecule has 0 aliphatic carbocycles. The maximum Gasteiger partial charge on any atom is 0.290 e. The van der Waals surface area contributed by atoms with Gasteiger partial charge in [-0.15, -0.1) is 0 Å². The van der Waals surface area contributed by atoms with Crippen LogP contribution < -0.4 is 5.43 Å². The fourth-order valence-corrected chi connectivity index (χ4v) is 3.94.